The van der Waals surface area contributed by atoms with Crippen molar-refractivity contribution in [1.82, 2.24) is 9.78 Å². The average Bonchev–Trinajstić information content (AvgIpc) is 2.86. The second-order valence-corrected chi connectivity index (χ2v) is 5.98. The molecule has 0 atom stereocenters. The second kappa shape index (κ2) is 6.59. The molecule has 24 heavy (non-hydrogen) atoms. The largest absolute Gasteiger partial charge is 0.497 e. The predicted octanol–water partition coefficient (Wildman–Crippen LogP) is 2.72. The van der Waals surface area contributed by atoms with Gasteiger partial charge in [-0.05, 0) is 42.0 Å². The van der Waals surface area contributed by atoms with Crippen LogP contribution in [0, 0.1) is 0 Å². The number of aromatic nitrogens is 2. The molecule has 1 aromatic heterocycles. The summed E-state index contributed by atoms with van der Waals surface area (Å²) in [7, 11) is 1.60. The van der Waals surface area contributed by atoms with Crippen LogP contribution in [0.3, 0.4) is 0 Å². The number of ether oxygens (including phenoxy) is 1. The Morgan fingerprint density at radius 2 is 1.96 bits per heavy atom. The fourth-order valence-electron chi connectivity index (χ4n) is 2.35. The lowest BCUT2D eigenvalue weighted by atomic mass is 10.2. The average molecular weight is 361 g/mol. The number of H-pyrrole nitrogens is 1. The summed E-state index contributed by atoms with van der Waals surface area (Å²) < 4.78 is 6.58. The van der Waals surface area contributed by atoms with Gasteiger partial charge in [0.05, 0.1) is 33.4 Å². The first kappa shape index (κ1) is 16.4. The van der Waals surface area contributed by atoms with E-state index < -0.39 is 0 Å². The molecule has 1 heterocycles. The van der Waals surface area contributed by atoms with Crippen LogP contribution in [0.25, 0.3) is 18.3 Å². The molecule has 0 spiro atoms. The van der Waals surface area contributed by atoms with Gasteiger partial charge < -0.3 is 4.74 Å². The number of hydrogen-bond donors (Lipinski definition) is 1. The molecule has 3 rings (SSSR count). The van der Waals surface area contributed by atoms with E-state index in [1.807, 2.05) is 24.3 Å². The summed E-state index contributed by atoms with van der Waals surface area (Å²) >= 11 is 11.9. The summed E-state index contributed by atoms with van der Waals surface area (Å²) in [5, 5.41) is 4.73. The van der Waals surface area contributed by atoms with Gasteiger partial charge in [-0.3, -0.25) is 9.89 Å². The van der Waals surface area contributed by atoms with Crippen molar-refractivity contribution in [2.45, 2.75) is 0 Å². The molecule has 0 fully saturated rings. The normalized spacial score (nSPS) is 11.7. The first-order valence-electron chi connectivity index (χ1n) is 7.11. The van der Waals surface area contributed by atoms with Crippen LogP contribution >= 0.6 is 23.2 Å². The summed E-state index contributed by atoms with van der Waals surface area (Å²) in [6.45, 7) is 3.91. The van der Waals surface area contributed by atoms with Gasteiger partial charge in [0.2, 0.25) is 0 Å². The maximum absolute atomic E-state index is 12.7. The van der Waals surface area contributed by atoms with Crippen molar-refractivity contribution in [3.05, 3.63) is 79.0 Å². The smallest absolute Gasteiger partial charge is 0.279 e. The van der Waals surface area contributed by atoms with Gasteiger partial charge >= 0.3 is 0 Å². The standard InChI is InChI=1S/C18H14Cl2N2O2/c1-11-15(9-12-4-3-5-14(8-12)24-2)18(23)22(21-11)13-6-7-16(19)17(20)10-13/h3-10,21H,1H2,2H3/b15-9+. The number of rotatable bonds is 3. The number of methoxy groups -OCH3 is 1. The number of hydrogen-bond acceptors (Lipinski definition) is 2. The zero-order chi connectivity index (χ0) is 17.3. The third-order valence-electron chi connectivity index (χ3n) is 3.57. The zero-order valence-corrected chi connectivity index (χ0v) is 14.4. The Morgan fingerprint density at radius 1 is 1.17 bits per heavy atom. The maximum Gasteiger partial charge on any atom is 0.279 e. The van der Waals surface area contributed by atoms with Crippen LogP contribution in [0.1, 0.15) is 5.56 Å². The highest BCUT2D eigenvalue weighted by atomic mass is 35.5. The van der Waals surface area contributed by atoms with Gasteiger partial charge in [-0.2, -0.15) is 0 Å². The van der Waals surface area contributed by atoms with Crippen LogP contribution in [0.2, 0.25) is 10.0 Å². The Bertz CT molecular complexity index is 1070. The molecule has 0 saturated carbocycles. The molecule has 0 bridgehead atoms. The number of aromatic amines is 1. The quantitative estimate of drug-likeness (QED) is 0.780. The molecule has 4 nitrogen and oxygen atoms in total. The molecule has 0 aliphatic heterocycles. The molecule has 2 aromatic carbocycles. The molecule has 0 unspecified atom stereocenters. The Kier molecular flexibility index (Phi) is 4.51. The first-order valence-corrected chi connectivity index (χ1v) is 7.86. The third-order valence-corrected chi connectivity index (χ3v) is 4.31. The van der Waals surface area contributed by atoms with Gasteiger partial charge in [-0.1, -0.05) is 41.9 Å². The summed E-state index contributed by atoms with van der Waals surface area (Å²) in [5.41, 5.74) is 1.21. The van der Waals surface area contributed by atoms with Crippen LogP contribution in [-0.4, -0.2) is 16.9 Å². The van der Waals surface area contributed by atoms with E-state index in [1.54, 1.807) is 31.4 Å². The minimum Gasteiger partial charge on any atom is -0.497 e. The van der Waals surface area contributed by atoms with Crippen LogP contribution in [0.4, 0.5) is 0 Å². The molecule has 122 valence electrons. The van der Waals surface area contributed by atoms with Crippen LogP contribution in [-0.2, 0) is 0 Å². The van der Waals surface area contributed by atoms with E-state index in [4.69, 9.17) is 27.9 Å². The topological polar surface area (TPSA) is 47.0 Å². The third kappa shape index (κ3) is 3.11. The predicted molar refractivity (Wildman–Crippen MR) is 97.7 cm³/mol. The Balaban J connectivity index is 2.16. The SMILES string of the molecule is C=c1[nH]n(-c2ccc(Cl)c(Cl)c2)c(=O)/c1=C/c1cccc(OC)c1. The molecule has 1 N–H and O–H groups in total. The molecule has 6 heteroatoms. The number of benzene rings is 2. The number of nitrogens with one attached hydrogen (secondary N) is 1. The van der Waals surface area contributed by atoms with Crippen molar-refractivity contribution < 1.29 is 4.74 Å². The van der Waals surface area contributed by atoms with Gasteiger partial charge in [0, 0.05) is 0 Å². The lowest BCUT2D eigenvalue weighted by Crippen LogP contribution is -2.33. The van der Waals surface area contributed by atoms with Crippen LogP contribution in [0.15, 0.2) is 47.3 Å². The van der Waals surface area contributed by atoms with Gasteiger partial charge in [0.25, 0.3) is 5.56 Å². The van der Waals surface area contributed by atoms with Gasteiger partial charge in [0.15, 0.2) is 0 Å². The van der Waals surface area contributed by atoms with E-state index in [1.165, 1.54) is 4.68 Å². The Labute approximate surface area is 148 Å². The van der Waals surface area contributed by atoms with E-state index in [2.05, 4.69) is 11.7 Å². The molecule has 0 saturated heterocycles. The van der Waals surface area contributed by atoms with E-state index in [9.17, 15) is 4.79 Å². The molecule has 0 amide bonds. The minimum atomic E-state index is -0.221. The molecular weight excluding hydrogens is 347 g/mol. The number of halogens is 2. The highest BCUT2D eigenvalue weighted by molar-refractivity contribution is 6.42. The van der Waals surface area contributed by atoms with Gasteiger partial charge in [-0.15, -0.1) is 0 Å². The molecule has 3 aromatic rings. The maximum atomic E-state index is 12.7. The van der Waals surface area contributed by atoms with Crippen molar-refractivity contribution in [2.75, 3.05) is 7.11 Å². The lowest BCUT2D eigenvalue weighted by Gasteiger charge is -2.02. The Morgan fingerprint density at radius 3 is 2.67 bits per heavy atom. The van der Waals surface area contributed by atoms with Crippen molar-refractivity contribution in [3.63, 3.8) is 0 Å². The van der Waals surface area contributed by atoms with E-state index in [0.29, 0.717) is 26.3 Å². The fourth-order valence-corrected chi connectivity index (χ4v) is 2.64. The second-order valence-electron chi connectivity index (χ2n) is 5.16. The minimum absolute atomic E-state index is 0.221. The van der Waals surface area contributed by atoms with E-state index in [0.717, 1.165) is 11.3 Å². The van der Waals surface area contributed by atoms with Crippen molar-refractivity contribution in [3.8, 4) is 11.4 Å². The fraction of sp³-hybridized carbons (Fsp3) is 0.0556. The van der Waals surface area contributed by atoms with E-state index in [-0.39, 0.29) is 5.56 Å². The molecule has 0 aliphatic rings. The zero-order valence-electron chi connectivity index (χ0n) is 12.8. The van der Waals surface area contributed by atoms with Crippen LogP contribution < -0.4 is 20.9 Å². The van der Waals surface area contributed by atoms with Crippen molar-refractivity contribution >= 4 is 35.9 Å². The summed E-state index contributed by atoms with van der Waals surface area (Å²) in [5.74, 6) is 0.717. The highest BCUT2D eigenvalue weighted by Gasteiger charge is 2.07. The van der Waals surface area contributed by atoms with Crippen LogP contribution in [0.5, 0.6) is 5.75 Å². The van der Waals surface area contributed by atoms with Crippen molar-refractivity contribution in [2.24, 2.45) is 0 Å². The first-order chi connectivity index (χ1) is 11.5. The molecular formula is C18H14Cl2N2O2. The van der Waals surface area contributed by atoms with Crippen molar-refractivity contribution in [1.29, 1.82) is 0 Å². The summed E-state index contributed by atoms with van der Waals surface area (Å²) in [6, 6.07) is 12.4. The van der Waals surface area contributed by atoms with Gasteiger partial charge in [0.1, 0.15) is 5.75 Å². The monoisotopic (exact) mass is 360 g/mol. The summed E-state index contributed by atoms with van der Waals surface area (Å²) in [4.78, 5) is 12.7. The van der Waals surface area contributed by atoms with Gasteiger partial charge in [-0.25, -0.2) is 4.68 Å². The Hall–Kier alpha value is -2.43. The lowest BCUT2D eigenvalue weighted by molar-refractivity contribution is 0.414. The highest BCUT2D eigenvalue weighted by Crippen LogP contribution is 2.23. The van der Waals surface area contributed by atoms with E-state index >= 15 is 0 Å². The molecule has 0 aliphatic carbocycles. The molecule has 0 radical (unpaired) electrons. The summed E-state index contributed by atoms with van der Waals surface area (Å²) in [6.07, 6.45) is 1.76. The number of nitrogens with zero attached hydrogens (tertiary/aromatic N) is 1.